The van der Waals surface area contributed by atoms with Gasteiger partial charge >= 0.3 is 0 Å². The lowest BCUT2D eigenvalue weighted by Gasteiger charge is -2.14. The van der Waals surface area contributed by atoms with Crippen molar-refractivity contribution in [3.63, 3.8) is 0 Å². The predicted octanol–water partition coefficient (Wildman–Crippen LogP) is 12.2. The van der Waals surface area contributed by atoms with Crippen LogP contribution < -0.4 is 0 Å². The highest BCUT2D eigenvalue weighted by molar-refractivity contribution is 6.09. The topological polar surface area (TPSA) is 35.6 Å². The molecule has 10 aromatic rings. The molecule has 10 rings (SSSR count). The average molecular weight is 665 g/mol. The first-order valence-electron chi connectivity index (χ1n) is 17.6. The van der Waals surface area contributed by atoms with Crippen LogP contribution in [0.15, 0.2) is 194 Å². The van der Waals surface area contributed by atoms with Gasteiger partial charge in [-0.05, 0) is 65.2 Å². The van der Waals surface area contributed by atoms with Crippen molar-refractivity contribution in [2.75, 3.05) is 0 Å². The maximum Gasteiger partial charge on any atom is 0.235 e. The Hall–Kier alpha value is -7.04. The molecule has 0 atom stereocenters. The van der Waals surface area contributed by atoms with Gasteiger partial charge in [0.15, 0.2) is 0 Å². The Bertz CT molecular complexity index is 2790. The molecule has 3 heterocycles. The van der Waals surface area contributed by atoms with Gasteiger partial charge in [-0.25, -0.2) is 9.97 Å². The maximum atomic E-state index is 5.23. The van der Waals surface area contributed by atoms with E-state index in [9.17, 15) is 0 Å². The molecule has 52 heavy (non-hydrogen) atoms. The molecule has 0 amide bonds. The van der Waals surface area contributed by atoms with E-state index in [4.69, 9.17) is 9.97 Å². The minimum Gasteiger partial charge on any atom is -0.309 e. The fourth-order valence-corrected chi connectivity index (χ4v) is 7.51. The van der Waals surface area contributed by atoms with Crippen molar-refractivity contribution >= 4 is 32.7 Å². The third-order valence-electron chi connectivity index (χ3n) is 9.94. The van der Waals surface area contributed by atoms with Gasteiger partial charge in [-0.2, -0.15) is 0 Å². The van der Waals surface area contributed by atoms with Gasteiger partial charge in [0.2, 0.25) is 5.95 Å². The summed E-state index contributed by atoms with van der Waals surface area (Å²) in [5.41, 5.74) is 12.9. The zero-order valence-corrected chi connectivity index (χ0v) is 28.3. The number of hydrogen-bond donors (Lipinski definition) is 0. The standard InChI is InChI=1S/C48H32N4/c1-3-15-33(16-4-1)42-32-43(34-17-5-2-6-18-34)50-48(49-42)52-44-26-10-7-19-38(44)31-47(52)37-22-13-20-35(29-37)36-21-14-23-39(30-36)51-45-27-11-8-24-40(45)41-25-9-12-28-46(41)51/h1-32H. The Balaban J connectivity index is 1.14. The molecule has 0 aliphatic rings. The molecule has 4 heteroatoms. The Morgan fingerprint density at radius 2 is 0.827 bits per heavy atom. The number of benzene rings is 7. The van der Waals surface area contributed by atoms with E-state index in [1.54, 1.807) is 0 Å². The smallest absolute Gasteiger partial charge is 0.235 e. The first-order valence-corrected chi connectivity index (χ1v) is 17.6. The van der Waals surface area contributed by atoms with E-state index in [1.165, 1.54) is 21.8 Å². The van der Waals surface area contributed by atoms with E-state index in [-0.39, 0.29) is 0 Å². The largest absolute Gasteiger partial charge is 0.309 e. The van der Waals surface area contributed by atoms with E-state index in [0.29, 0.717) is 5.95 Å². The van der Waals surface area contributed by atoms with Gasteiger partial charge < -0.3 is 4.57 Å². The maximum absolute atomic E-state index is 5.23. The summed E-state index contributed by atoms with van der Waals surface area (Å²) in [6, 6.07) is 68.5. The molecule has 0 aliphatic heterocycles. The van der Waals surface area contributed by atoms with Crippen LogP contribution in [-0.4, -0.2) is 19.1 Å². The lowest BCUT2D eigenvalue weighted by atomic mass is 10.0. The second-order valence-electron chi connectivity index (χ2n) is 13.1. The second-order valence-corrected chi connectivity index (χ2v) is 13.1. The van der Waals surface area contributed by atoms with E-state index >= 15 is 0 Å². The lowest BCUT2D eigenvalue weighted by Crippen LogP contribution is -2.05. The third kappa shape index (κ3) is 5.09. The summed E-state index contributed by atoms with van der Waals surface area (Å²) in [4.78, 5) is 10.5. The average Bonchev–Trinajstić information content (AvgIpc) is 3.78. The molecule has 0 spiro atoms. The minimum atomic E-state index is 0.634. The quantitative estimate of drug-likeness (QED) is 0.177. The zero-order valence-electron chi connectivity index (χ0n) is 28.3. The summed E-state index contributed by atoms with van der Waals surface area (Å²) < 4.78 is 4.58. The molecular weight excluding hydrogens is 633 g/mol. The van der Waals surface area contributed by atoms with Gasteiger partial charge in [-0.15, -0.1) is 0 Å². The minimum absolute atomic E-state index is 0.634. The summed E-state index contributed by atoms with van der Waals surface area (Å²) in [6.45, 7) is 0. The molecular formula is C48H32N4. The van der Waals surface area contributed by atoms with Gasteiger partial charge in [0.25, 0.3) is 0 Å². The third-order valence-corrected chi connectivity index (χ3v) is 9.94. The van der Waals surface area contributed by atoms with Crippen LogP contribution in [0.2, 0.25) is 0 Å². The van der Waals surface area contributed by atoms with Crippen LogP contribution in [0.3, 0.4) is 0 Å². The number of aromatic nitrogens is 4. The van der Waals surface area contributed by atoms with Crippen LogP contribution >= 0.6 is 0 Å². The highest BCUT2D eigenvalue weighted by Gasteiger charge is 2.18. The molecule has 0 saturated heterocycles. The molecule has 4 nitrogen and oxygen atoms in total. The zero-order chi connectivity index (χ0) is 34.4. The van der Waals surface area contributed by atoms with Gasteiger partial charge in [-0.3, -0.25) is 4.57 Å². The SMILES string of the molecule is c1ccc(-c2cc(-c3ccccc3)nc(-n3c(-c4cccc(-c5cccc(-n6c7ccccc7c7ccccc76)c5)c4)cc4ccccc43)n2)cc1. The molecule has 0 unspecified atom stereocenters. The first-order chi connectivity index (χ1) is 25.8. The second kappa shape index (κ2) is 12.4. The number of hydrogen-bond acceptors (Lipinski definition) is 2. The molecule has 3 aromatic heterocycles. The number of nitrogens with zero attached hydrogens (tertiary/aromatic N) is 4. The number of rotatable bonds is 6. The van der Waals surface area contributed by atoms with Crippen LogP contribution in [0.25, 0.3) is 89.2 Å². The van der Waals surface area contributed by atoms with Gasteiger partial charge in [0.1, 0.15) is 0 Å². The van der Waals surface area contributed by atoms with Crippen molar-refractivity contribution in [2.24, 2.45) is 0 Å². The lowest BCUT2D eigenvalue weighted by molar-refractivity contribution is 0.974. The van der Waals surface area contributed by atoms with Crippen molar-refractivity contribution in [3.05, 3.63) is 194 Å². The Morgan fingerprint density at radius 3 is 1.48 bits per heavy atom. The van der Waals surface area contributed by atoms with Crippen molar-refractivity contribution in [2.45, 2.75) is 0 Å². The van der Waals surface area contributed by atoms with E-state index in [1.807, 2.05) is 12.1 Å². The van der Waals surface area contributed by atoms with E-state index < -0.39 is 0 Å². The fraction of sp³-hybridized carbons (Fsp3) is 0. The van der Waals surface area contributed by atoms with Crippen molar-refractivity contribution < 1.29 is 0 Å². The van der Waals surface area contributed by atoms with E-state index in [2.05, 4.69) is 191 Å². The Morgan fingerprint density at radius 1 is 0.327 bits per heavy atom. The van der Waals surface area contributed by atoms with Crippen molar-refractivity contribution in [3.8, 4) is 56.5 Å². The first kappa shape index (κ1) is 29.8. The molecule has 0 N–H and O–H groups in total. The Labute approximate surface area is 301 Å². The predicted molar refractivity (Wildman–Crippen MR) is 215 cm³/mol. The molecule has 0 saturated carbocycles. The van der Waals surface area contributed by atoms with Crippen molar-refractivity contribution in [1.29, 1.82) is 0 Å². The van der Waals surface area contributed by atoms with Gasteiger partial charge in [0.05, 0.1) is 33.6 Å². The molecule has 0 aliphatic carbocycles. The normalized spacial score (nSPS) is 11.5. The summed E-state index contributed by atoms with van der Waals surface area (Å²) in [7, 11) is 0. The molecule has 0 fully saturated rings. The Kier molecular flexibility index (Phi) is 7.10. The highest BCUT2D eigenvalue weighted by Crippen LogP contribution is 2.36. The number of para-hydroxylation sites is 3. The molecule has 7 aromatic carbocycles. The highest BCUT2D eigenvalue weighted by atomic mass is 15.2. The molecule has 0 radical (unpaired) electrons. The van der Waals surface area contributed by atoms with Gasteiger partial charge in [-0.1, -0.05) is 146 Å². The summed E-state index contributed by atoms with van der Waals surface area (Å²) >= 11 is 0. The fourth-order valence-electron chi connectivity index (χ4n) is 7.51. The van der Waals surface area contributed by atoms with Crippen LogP contribution in [-0.2, 0) is 0 Å². The molecule has 0 bridgehead atoms. The van der Waals surface area contributed by atoms with E-state index in [0.717, 1.165) is 61.5 Å². The van der Waals surface area contributed by atoms with Crippen LogP contribution in [0.5, 0.6) is 0 Å². The number of fused-ring (bicyclic) bond motifs is 4. The van der Waals surface area contributed by atoms with Crippen LogP contribution in [0.1, 0.15) is 0 Å². The monoisotopic (exact) mass is 664 g/mol. The van der Waals surface area contributed by atoms with Crippen LogP contribution in [0, 0.1) is 0 Å². The van der Waals surface area contributed by atoms with Crippen molar-refractivity contribution in [1.82, 2.24) is 19.1 Å². The summed E-state index contributed by atoms with van der Waals surface area (Å²) in [5.74, 6) is 0.634. The summed E-state index contributed by atoms with van der Waals surface area (Å²) in [6.07, 6.45) is 0. The van der Waals surface area contributed by atoms with Crippen LogP contribution in [0.4, 0.5) is 0 Å². The summed E-state index contributed by atoms with van der Waals surface area (Å²) in [5, 5.41) is 3.64. The molecule has 244 valence electrons. The van der Waals surface area contributed by atoms with Gasteiger partial charge in [0, 0.05) is 33.0 Å².